The second kappa shape index (κ2) is 6.27. The summed E-state index contributed by atoms with van der Waals surface area (Å²) in [7, 11) is 2.20. The van der Waals surface area contributed by atoms with Crippen LogP contribution in [0.2, 0.25) is 13.6 Å². The van der Waals surface area contributed by atoms with Crippen LogP contribution in [-0.4, -0.2) is 36.0 Å². The second-order valence-corrected chi connectivity index (χ2v) is 8.47. The number of rotatable bonds is 1. The van der Waals surface area contributed by atoms with E-state index in [1.54, 1.807) is 0 Å². The third kappa shape index (κ3) is 3.43. The van der Waals surface area contributed by atoms with Gasteiger partial charge in [0.25, 0.3) is 0 Å². The van der Waals surface area contributed by atoms with Crippen LogP contribution in [0, 0.1) is 0 Å². The maximum atomic E-state index is 3.73. The van der Waals surface area contributed by atoms with E-state index in [2.05, 4.69) is 86.8 Å². The third-order valence-corrected chi connectivity index (χ3v) is 5.58. The van der Waals surface area contributed by atoms with E-state index >= 15 is 0 Å². The molecule has 0 amide bonds. The smallest absolute Gasteiger partial charge is 0.327 e. The molecule has 3 nitrogen and oxygen atoms in total. The molecule has 1 aromatic rings. The fourth-order valence-electron chi connectivity index (χ4n) is 3.31. The Kier molecular flexibility index (Phi) is 5.01. The van der Waals surface area contributed by atoms with E-state index in [9.17, 15) is 0 Å². The first-order valence-corrected chi connectivity index (χ1v) is 8.57. The number of nitrogens with zero attached hydrogens (tertiary/aromatic N) is 2. The standard InChI is InChI=1S/C15H27B2N3S/c1-12(2)20-16(5)18-14-11-9-8-10-13(14)15(3,4)21-19(7)17(20)6/h8-12,18H,1-7H3. The van der Waals surface area contributed by atoms with E-state index in [1.165, 1.54) is 11.3 Å². The molecule has 6 heteroatoms. The Morgan fingerprint density at radius 3 is 2.43 bits per heavy atom. The molecule has 1 aromatic carbocycles. The van der Waals surface area contributed by atoms with Gasteiger partial charge in [0.05, 0.1) is 4.75 Å². The number of hydrogen-bond acceptors (Lipinski definition) is 4. The van der Waals surface area contributed by atoms with Crippen molar-refractivity contribution in [3.8, 4) is 0 Å². The monoisotopic (exact) mass is 303 g/mol. The molecule has 0 saturated carbocycles. The number of para-hydroxylation sites is 1. The lowest BCUT2D eigenvalue weighted by Crippen LogP contribution is -2.58. The lowest BCUT2D eigenvalue weighted by atomic mass is 9.61. The van der Waals surface area contributed by atoms with Crippen molar-refractivity contribution < 1.29 is 0 Å². The van der Waals surface area contributed by atoms with Crippen molar-refractivity contribution in [3.63, 3.8) is 0 Å². The first kappa shape index (κ1) is 16.8. The Morgan fingerprint density at radius 2 is 1.81 bits per heavy atom. The molecule has 114 valence electrons. The molecule has 1 aliphatic rings. The molecule has 0 atom stereocenters. The normalized spacial score (nSPS) is 20.6. The predicted molar refractivity (Wildman–Crippen MR) is 98.7 cm³/mol. The quantitative estimate of drug-likeness (QED) is 0.627. The average Bonchev–Trinajstić information content (AvgIpc) is 2.39. The summed E-state index contributed by atoms with van der Waals surface area (Å²) in [6.45, 7) is 14.3. The Morgan fingerprint density at radius 1 is 1.19 bits per heavy atom. The maximum Gasteiger partial charge on any atom is 0.327 e. The highest BCUT2D eigenvalue weighted by Gasteiger charge is 2.38. The van der Waals surface area contributed by atoms with Gasteiger partial charge in [0.15, 0.2) is 0 Å². The van der Waals surface area contributed by atoms with Crippen LogP contribution < -0.4 is 5.23 Å². The van der Waals surface area contributed by atoms with Crippen molar-refractivity contribution in [1.29, 1.82) is 0 Å². The summed E-state index contributed by atoms with van der Waals surface area (Å²) in [4.78, 5) is 0. The number of benzene rings is 1. The Balaban J connectivity index is 2.49. The van der Waals surface area contributed by atoms with Crippen molar-refractivity contribution in [2.45, 2.75) is 52.1 Å². The van der Waals surface area contributed by atoms with Crippen LogP contribution in [0.15, 0.2) is 24.3 Å². The highest BCUT2D eigenvalue weighted by atomic mass is 32.2. The number of hydrogen-bond donors (Lipinski definition) is 1. The Labute approximate surface area is 135 Å². The largest absolute Gasteiger partial charge is 0.415 e. The summed E-state index contributed by atoms with van der Waals surface area (Å²) < 4.78 is 4.95. The van der Waals surface area contributed by atoms with Crippen LogP contribution in [0.4, 0.5) is 5.69 Å². The van der Waals surface area contributed by atoms with Gasteiger partial charge < -0.3 is 9.95 Å². The molecule has 1 aliphatic heterocycles. The maximum absolute atomic E-state index is 3.73. The molecule has 0 fully saturated rings. The van der Waals surface area contributed by atoms with Crippen molar-refractivity contribution in [1.82, 2.24) is 8.94 Å². The van der Waals surface area contributed by atoms with E-state index in [0.717, 1.165) is 0 Å². The van der Waals surface area contributed by atoms with Gasteiger partial charge in [-0.2, -0.15) is 0 Å². The zero-order chi connectivity index (χ0) is 15.8. The van der Waals surface area contributed by atoms with E-state index in [4.69, 9.17) is 0 Å². The van der Waals surface area contributed by atoms with Crippen LogP contribution in [0.3, 0.4) is 0 Å². The van der Waals surface area contributed by atoms with E-state index in [-0.39, 0.29) is 11.7 Å². The fourth-order valence-corrected chi connectivity index (χ4v) is 4.57. The van der Waals surface area contributed by atoms with Gasteiger partial charge in [-0.3, -0.25) is 4.22 Å². The summed E-state index contributed by atoms with van der Waals surface area (Å²) in [5, 5.41) is 3.73. The molecule has 0 spiro atoms. The molecule has 1 heterocycles. The summed E-state index contributed by atoms with van der Waals surface area (Å²) in [5.74, 6) is 0. The molecule has 0 radical (unpaired) electrons. The van der Waals surface area contributed by atoms with Gasteiger partial charge in [0, 0.05) is 5.69 Å². The first-order valence-electron chi connectivity index (χ1n) is 7.79. The van der Waals surface area contributed by atoms with Crippen LogP contribution in [-0.2, 0) is 4.75 Å². The predicted octanol–water partition coefficient (Wildman–Crippen LogP) is 3.87. The van der Waals surface area contributed by atoms with Crippen LogP contribution >= 0.6 is 11.9 Å². The van der Waals surface area contributed by atoms with Crippen LogP contribution in [0.25, 0.3) is 0 Å². The summed E-state index contributed by atoms with van der Waals surface area (Å²) in [5.41, 5.74) is 2.61. The average molecular weight is 303 g/mol. The SMILES string of the molecule is CB1Nc2ccccc2C(C)(C)SN(C)B(C)N1C(C)C. The minimum Gasteiger partial charge on any atom is -0.415 e. The van der Waals surface area contributed by atoms with E-state index < -0.39 is 0 Å². The van der Waals surface area contributed by atoms with Gasteiger partial charge in [0.1, 0.15) is 0 Å². The minimum atomic E-state index is 0.0410. The molecule has 21 heavy (non-hydrogen) atoms. The molecule has 0 aromatic heterocycles. The van der Waals surface area contributed by atoms with Gasteiger partial charge in [-0.1, -0.05) is 57.6 Å². The van der Waals surface area contributed by atoms with Gasteiger partial charge >= 0.3 is 14.0 Å². The number of fused-ring (bicyclic) bond motifs is 1. The lowest BCUT2D eigenvalue weighted by molar-refractivity contribution is 0.504. The highest BCUT2D eigenvalue weighted by molar-refractivity contribution is 7.98. The topological polar surface area (TPSA) is 18.5 Å². The summed E-state index contributed by atoms with van der Waals surface area (Å²) in [6, 6.07) is 9.17. The van der Waals surface area contributed by atoms with Crippen molar-refractivity contribution >= 4 is 31.6 Å². The van der Waals surface area contributed by atoms with E-state index in [0.29, 0.717) is 13.0 Å². The summed E-state index contributed by atoms with van der Waals surface area (Å²) >= 11 is 1.92. The molecular formula is C15H27B2N3S. The highest BCUT2D eigenvalue weighted by Crippen LogP contribution is 2.42. The lowest BCUT2D eigenvalue weighted by Gasteiger charge is -2.38. The van der Waals surface area contributed by atoms with Crippen LogP contribution in [0.1, 0.15) is 33.3 Å². The molecule has 0 unspecified atom stereocenters. The van der Waals surface area contributed by atoms with Gasteiger partial charge in [-0.25, -0.2) is 0 Å². The van der Waals surface area contributed by atoms with Crippen molar-refractivity contribution in [2.75, 3.05) is 12.3 Å². The zero-order valence-electron chi connectivity index (χ0n) is 14.3. The van der Waals surface area contributed by atoms with Crippen LogP contribution in [0.5, 0.6) is 0 Å². The zero-order valence-corrected chi connectivity index (χ0v) is 15.2. The number of anilines is 1. The molecule has 0 bridgehead atoms. The summed E-state index contributed by atoms with van der Waals surface area (Å²) in [6.07, 6.45) is 0. The molecule has 0 aliphatic carbocycles. The Hall–Kier alpha value is -0.580. The van der Waals surface area contributed by atoms with Gasteiger partial charge in [-0.05, 0) is 38.6 Å². The third-order valence-electron chi connectivity index (χ3n) is 4.31. The fraction of sp³-hybridized carbons (Fsp3) is 0.600. The van der Waals surface area contributed by atoms with Crippen molar-refractivity contribution in [3.05, 3.63) is 29.8 Å². The number of nitrogens with one attached hydrogen (secondary N) is 1. The van der Waals surface area contributed by atoms with E-state index in [1.807, 2.05) is 11.9 Å². The minimum absolute atomic E-state index is 0.0410. The molecular weight excluding hydrogens is 276 g/mol. The molecule has 2 rings (SSSR count). The first-order chi connectivity index (χ1) is 9.74. The van der Waals surface area contributed by atoms with Gasteiger partial charge in [0.2, 0.25) is 0 Å². The Bertz CT molecular complexity index is 496. The van der Waals surface area contributed by atoms with Gasteiger partial charge in [-0.15, -0.1) is 0 Å². The molecule has 1 N–H and O–H groups in total. The second-order valence-electron chi connectivity index (χ2n) is 6.69. The van der Waals surface area contributed by atoms with Crippen molar-refractivity contribution in [2.24, 2.45) is 0 Å². The molecule has 0 saturated heterocycles.